The predicted molar refractivity (Wildman–Crippen MR) is 119 cm³/mol. The van der Waals surface area contributed by atoms with E-state index >= 15 is 0 Å². The van der Waals surface area contributed by atoms with Crippen LogP contribution in [0.5, 0.6) is 0 Å². The molecule has 26 heavy (non-hydrogen) atoms. The first-order valence-electron chi connectivity index (χ1n) is 9.93. The molecule has 1 aromatic carbocycles. The molecule has 0 amide bonds. The van der Waals surface area contributed by atoms with Crippen LogP contribution in [0.2, 0.25) is 0 Å². The zero-order chi connectivity index (χ0) is 17.5. The highest BCUT2D eigenvalue weighted by Crippen LogP contribution is 2.33. The fourth-order valence-corrected chi connectivity index (χ4v) is 4.26. The number of hydrogen-bond donors (Lipinski definition) is 2. The van der Waals surface area contributed by atoms with E-state index in [-0.39, 0.29) is 30.1 Å². The van der Waals surface area contributed by atoms with E-state index in [1.807, 2.05) is 7.05 Å². The Balaban J connectivity index is 0.00000243. The predicted octanol–water partition coefficient (Wildman–Crippen LogP) is 4.52. The third-order valence-corrected chi connectivity index (χ3v) is 5.80. The maximum Gasteiger partial charge on any atom is 0.191 e. The lowest BCUT2D eigenvalue weighted by Gasteiger charge is -2.30. The van der Waals surface area contributed by atoms with Crippen molar-refractivity contribution >= 4 is 29.9 Å². The van der Waals surface area contributed by atoms with Crippen LogP contribution < -0.4 is 10.6 Å². The molecule has 2 fully saturated rings. The topological polar surface area (TPSA) is 45.7 Å². The van der Waals surface area contributed by atoms with Gasteiger partial charge < -0.3 is 15.4 Å². The van der Waals surface area contributed by atoms with E-state index in [9.17, 15) is 0 Å². The molecule has 5 heteroatoms. The molecule has 1 heterocycles. The molecule has 1 aliphatic carbocycles. The van der Waals surface area contributed by atoms with Gasteiger partial charge in [0.15, 0.2) is 5.96 Å². The van der Waals surface area contributed by atoms with Crippen molar-refractivity contribution in [2.45, 2.75) is 57.6 Å². The van der Waals surface area contributed by atoms with Crippen LogP contribution in [0.1, 0.15) is 57.1 Å². The Labute approximate surface area is 175 Å². The van der Waals surface area contributed by atoms with E-state index in [0.29, 0.717) is 12.0 Å². The number of hydrogen-bond acceptors (Lipinski definition) is 2. The van der Waals surface area contributed by atoms with Crippen molar-refractivity contribution in [1.29, 1.82) is 0 Å². The number of benzene rings is 1. The highest BCUT2D eigenvalue weighted by molar-refractivity contribution is 14.0. The third kappa shape index (κ3) is 5.84. The number of ether oxygens (including phenoxy) is 1. The van der Waals surface area contributed by atoms with Gasteiger partial charge >= 0.3 is 0 Å². The van der Waals surface area contributed by atoms with Crippen LogP contribution in [0, 0.1) is 11.8 Å². The fourth-order valence-electron chi connectivity index (χ4n) is 4.26. The van der Waals surface area contributed by atoms with Gasteiger partial charge in [-0.05, 0) is 30.7 Å². The summed E-state index contributed by atoms with van der Waals surface area (Å²) in [5.41, 5.74) is 1.29. The Kier molecular flexibility index (Phi) is 9.19. The van der Waals surface area contributed by atoms with Crippen LogP contribution in [0.3, 0.4) is 0 Å². The molecular weight excluding hydrogens is 437 g/mol. The first-order chi connectivity index (χ1) is 12.3. The first kappa shape index (κ1) is 21.5. The summed E-state index contributed by atoms with van der Waals surface area (Å²) < 4.78 is 6.00. The molecule has 146 valence electrons. The van der Waals surface area contributed by atoms with E-state index in [1.54, 1.807) is 0 Å². The number of nitrogens with zero attached hydrogens (tertiary/aromatic N) is 1. The number of guanidine groups is 1. The molecule has 2 aliphatic rings. The van der Waals surface area contributed by atoms with E-state index in [1.165, 1.54) is 37.7 Å². The van der Waals surface area contributed by atoms with Gasteiger partial charge in [0.25, 0.3) is 0 Å². The summed E-state index contributed by atoms with van der Waals surface area (Å²) in [5.74, 6) is 2.31. The smallest absolute Gasteiger partial charge is 0.191 e. The Morgan fingerprint density at radius 2 is 2.00 bits per heavy atom. The molecule has 0 aromatic heterocycles. The van der Waals surface area contributed by atoms with Crippen LogP contribution in [0.4, 0.5) is 0 Å². The molecule has 4 nitrogen and oxygen atoms in total. The van der Waals surface area contributed by atoms with Crippen LogP contribution in [-0.4, -0.2) is 32.2 Å². The van der Waals surface area contributed by atoms with Gasteiger partial charge in [-0.2, -0.15) is 0 Å². The molecule has 0 radical (unpaired) electrons. The van der Waals surface area contributed by atoms with Crippen LogP contribution in [0.25, 0.3) is 0 Å². The molecule has 0 bridgehead atoms. The normalized spacial score (nSPS) is 29.1. The number of nitrogens with one attached hydrogen (secondary N) is 2. The molecule has 0 spiro atoms. The van der Waals surface area contributed by atoms with Gasteiger partial charge in [0.1, 0.15) is 0 Å². The van der Waals surface area contributed by atoms with E-state index < -0.39 is 0 Å². The molecule has 1 saturated heterocycles. The average molecular weight is 471 g/mol. The van der Waals surface area contributed by atoms with Crippen molar-refractivity contribution in [2.24, 2.45) is 16.8 Å². The lowest BCUT2D eigenvalue weighted by Crippen LogP contribution is -2.46. The SMILES string of the molecule is CCC1CCCC(NC(=NC)NCC2CCOC2c2ccccc2)C1.I. The monoisotopic (exact) mass is 471 g/mol. The Morgan fingerprint density at radius 1 is 1.19 bits per heavy atom. The van der Waals surface area contributed by atoms with E-state index in [0.717, 1.165) is 31.4 Å². The van der Waals surface area contributed by atoms with E-state index in [2.05, 4.69) is 52.9 Å². The zero-order valence-electron chi connectivity index (χ0n) is 16.1. The highest BCUT2D eigenvalue weighted by Gasteiger charge is 2.30. The highest BCUT2D eigenvalue weighted by atomic mass is 127. The van der Waals surface area contributed by atoms with Gasteiger partial charge in [-0.1, -0.05) is 56.5 Å². The number of rotatable bonds is 5. The van der Waals surface area contributed by atoms with Gasteiger partial charge in [0, 0.05) is 32.2 Å². The van der Waals surface area contributed by atoms with Crippen molar-refractivity contribution < 1.29 is 4.74 Å². The van der Waals surface area contributed by atoms with Crippen molar-refractivity contribution in [2.75, 3.05) is 20.2 Å². The fraction of sp³-hybridized carbons (Fsp3) is 0.667. The second-order valence-electron chi connectivity index (χ2n) is 7.49. The molecule has 1 aliphatic heterocycles. The molecule has 2 N–H and O–H groups in total. The molecule has 1 saturated carbocycles. The second-order valence-corrected chi connectivity index (χ2v) is 7.49. The average Bonchev–Trinajstić information content (AvgIpc) is 3.14. The summed E-state index contributed by atoms with van der Waals surface area (Å²) in [6.07, 6.45) is 7.85. The zero-order valence-corrected chi connectivity index (χ0v) is 18.4. The number of halogens is 1. The lowest BCUT2D eigenvalue weighted by atomic mass is 9.84. The Morgan fingerprint density at radius 3 is 2.73 bits per heavy atom. The van der Waals surface area contributed by atoms with Gasteiger partial charge in [-0.15, -0.1) is 24.0 Å². The van der Waals surface area contributed by atoms with Gasteiger partial charge in [-0.25, -0.2) is 0 Å². The Hall–Kier alpha value is -0.820. The minimum atomic E-state index is 0. The summed E-state index contributed by atoms with van der Waals surface area (Å²) in [5, 5.41) is 7.20. The quantitative estimate of drug-likeness (QED) is 0.377. The largest absolute Gasteiger partial charge is 0.373 e. The van der Waals surface area contributed by atoms with Crippen LogP contribution >= 0.6 is 24.0 Å². The maximum atomic E-state index is 6.00. The second kappa shape index (κ2) is 11.1. The lowest BCUT2D eigenvalue weighted by molar-refractivity contribution is 0.0915. The van der Waals surface area contributed by atoms with Crippen LogP contribution in [-0.2, 0) is 4.74 Å². The van der Waals surface area contributed by atoms with Gasteiger partial charge in [0.05, 0.1) is 6.10 Å². The first-order valence-corrected chi connectivity index (χ1v) is 9.93. The maximum absolute atomic E-state index is 6.00. The van der Waals surface area contributed by atoms with Crippen molar-refractivity contribution in [1.82, 2.24) is 10.6 Å². The summed E-state index contributed by atoms with van der Waals surface area (Å²) in [7, 11) is 1.87. The Bertz CT molecular complexity index is 551. The summed E-state index contributed by atoms with van der Waals surface area (Å²) in [4.78, 5) is 4.45. The number of aliphatic imine (C=N–C) groups is 1. The minimum Gasteiger partial charge on any atom is -0.373 e. The molecule has 4 unspecified atom stereocenters. The third-order valence-electron chi connectivity index (χ3n) is 5.80. The summed E-state index contributed by atoms with van der Waals surface area (Å²) >= 11 is 0. The molecule has 3 rings (SSSR count). The minimum absolute atomic E-state index is 0. The molecular formula is C21H34IN3O. The summed E-state index contributed by atoms with van der Waals surface area (Å²) in [6.45, 7) is 4.06. The van der Waals surface area contributed by atoms with E-state index in [4.69, 9.17) is 4.74 Å². The van der Waals surface area contributed by atoms with Crippen molar-refractivity contribution in [3.63, 3.8) is 0 Å². The standard InChI is InChI=1S/C21H33N3O.HI/c1-3-16-8-7-11-19(14-16)24-21(22-2)23-15-18-12-13-25-20(18)17-9-5-4-6-10-17;/h4-6,9-10,16,18-20H,3,7-8,11-15H2,1-2H3,(H2,22,23,24);1H. The van der Waals surface area contributed by atoms with Gasteiger partial charge in [-0.3, -0.25) is 4.99 Å². The van der Waals surface area contributed by atoms with Crippen molar-refractivity contribution in [3.05, 3.63) is 35.9 Å². The van der Waals surface area contributed by atoms with Crippen molar-refractivity contribution in [3.8, 4) is 0 Å². The van der Waals surface area contributed by atoms with Gasteiger partial charge in [0.2, 0.25) is 0 Å². The molecule has 4 atom stereocenters. The summed E-state index contributed by atoms with van der Waals surface area (Å²) in [6, 6.07) is 11.1. The molecule has 1 aromatic rings. The van der Waals surface area contributed by atoms with Crippen LogP contribution in [0.15, 0.2) is 35.3 Å².